The van der Waals surface area contributed by atoms with Crippen LogP contribution in [0.5, 0.6) is 0 Å². The summed E-state index contributed by atoms with van der Waals surface area (Å²) in [6.07, 6.45) is 1.68. The van der Waals surface area contributed by atoms with Crippen LogP contribution in [0.1, 0.15) is 5.56 Å². The monoisotopic (exact) mass is 359 g/mol. The smallest absolute Gasteiger partial charge is 0.210 e. The molecule has 0 bridgehead atoms. The number of halogens is 1. The Kier molecular flexibility index (Phi) is 4.51. The summed E-state index contributed by atoms with van der Waals surface area (Å²) < 4.78 is 25.7. The quantitative estimate of drug-likeness (QED) is 0.712. The van der Waals surface area contributed by atoms with Gasteiger partial charge in [-0.3, -0.25) is 0 Å². The van der Waals surface area contributed by atoms with Crippen molar-refractivity contribution in [2.45, 2.75) is 16.7 Å². The molecule has 1 aromatic carbocycles. The minimum Gasteiger partial charge on any atom is -0.324 e. The lowest BCUT2D eigenvalue weighted by molar-refractivity contribution is 0.596. The lowest BCUT2D eigenvalue weighted by Gasteiger charge is -2.12. The Bertz CT molecular complexity index is 959. The van der Waals surface area contributed by atoms with Gasteiger partial charge in [-0.15, -0.1) is 0 Å². The summed E-state index contributed by atoms with van der Waals surface area (Å²) >= 11 is 5.94. The van der Waals surface area contributed by atoms with Gasteiger partial charge in [-0.25, -0.2) is 18.4 Å². The second-order valence-electron chi connectivity index (χ2n) is 5.14. The van der Waals surface area contributed by atoms with Gasteiger partial charge in [0.25, 0.3) is 0 Å². The van der Waals surface area contributed by atoms with Crippen LogP contribution >= 0.6 is 11.6 Å². The molecule has 0 aliphatic rings. The zero-order valence-corrected chi connectivity index (χ0v) is 14.3. The van der Waals surface area contributed by atoms with E-state index in [1.807, 2.05) is 13.0 Å². The van der Waals surface area contributed by atoms with Crippen LogP contribution in [0.15, 0.2) is 70.6 Å². The van der Waals surface area contributed by atoms with E-state index in [1.54, 1.807) is 30.5 Å². The fourth-order valence-corrected chi connectivity index (χ4v) is 3.63. The number of rotatable bonds is 4. The molecule has 24 heavy (non-hydrogen) atoms. The third-order valence-corrected chi connectivity index (χ3v) is 5.34. The standard InChI is InChI=1S/C17H14ClN3O2S/c1-12-7-10-16(19-11-12)21-17-14(8-9-15(18)20-17)24(22,23)13-5-3-2-4-6-13/h2-11H,1H3,(H,19,20,21). The molecule has 0 amide bonds. The first-order valence-electron chi connectivity index (χ1n) is 7.13. The van der Waals surface area contributed by atoms with Gasteiger partial charge < -0.3 is 5.32 Å². The Morgan fingerprint density at radius 2 is 1.75 bits per heavy atom. The van der Waals surface area contributed by atoms with E-state index in [4.69, 9.17) is 11.6 Å². The van der Waals surface area contributed by atoms with E-state index >= 15 is 0 Å². The van der Waals surface area contributed by atoms with Crippen molar-refractivity contribution >= 4 is 33.1 Å². The highest BCUT2D eigenvalue weighted by atomic mass is 35.5. The van der Waals surface area contributed by atoms with Crippen LogP contribution in [-0.4, -0.2) is 18.4 Å². The first kappa shape index (κ1) is 16.4. The van der Waals surface area contributed by atoms with Gasteiger partial charge in [0.2, 0.25) is 9.84 Å². The van der Waals surface area contributed by atoms with E-state index in [0.29, 0.717) is 5.82 Å². The third-order valence-electron chi connectivity index (χ3n) is 3.33. The lowest BCUT2D eigenvalue weighted by atomic mass is 10.3. The van der Waals surface area contributed by atoms with Crippen LogP contribution in [0.3, 0.4) is 0 Å². The number of anilines is 2. The van der Waals surface area contributed by atoms with Crippen molar-refractivity contribution in [3.8, 4) is 0 Å². The number of benzene rings is 1. The predicted molar refractivity (Wildman–Crippen MR) is 93.4 cm³/mol. The van der Waals surface area contributed by atoms with E-state index in [1.165, 1.54) is 24.3 Å². The highest BCUT2D eigenvalue weighted by molar-refractivity contribution is 7.91. The molecule has 3 rings (SSSR count). The molecule has 0 fully saturated rings. The lowest BCUT2D eigenvalue weighted by Crippen LogP contribution is -2.08. The average Bonchev–Trinajstić information content (AvgIpc) is 2.58. The van der Waals surface area contributed by atoms with Crippen LogP contribution in [0, 0.1) is 6.92 Å². The molecule has 5 nitrogen and oxygen atoms in total. The Hall–Kier alpha value is -2.44. The summed E-state index contributed by atoms with van der Waals surface area (Å²) in [4.78, 5) is 8.56. The van der Waals surface area contributed by atoms with Crippen LogP contribution in [-0.2, 0) is 9.84 Å². The fraction of sp³-hybridized carbons (Fsp3) is 0.0588. The maximum Gasteiger partial charge on any atom is 0.210 e. The zero-order valence-electron chi connectivity index (χ0n) is 12.8. The van der Waals surface area contributed by atoms with E-state index in [-0.39, 0.29) is 20.8 Å². The molecule has 2 heterocycles. The fourth-order valence-electron chi connectivity index (χ4n) is 2.12. The number of sulfone groups is 1. The summed E-state index contributed by atoms with van der Waals surface area (Å²) in [7, 11) is -3.73. The van der Waals surface area contributed by atoms with Crippen LogP contribution in [0.25, 0.3) is 0 Å². The molecule has 0 radical (unpaired) electrons. The van der Waals surface area contributed by atoms with Gasteiger partial charge in [0.05, 0.1) is 4.90 Å². The molecule has 0 saturated heterocycles. The van der Waals surface area contributed by atoms with Crippen LogP contribution in [0.2, 0.25) is 5.15 Å². The third kappa shape index (κ3) is 3.39. The van der Waals surface area contributed by atoms with E-state index < -0.39 is 9.84 Å². The van der Waals surface area contributed by atoms with Gasteiger partial charge in [-0.2, -0.15) is 0 Å². The van der Waals surface area contributed by atoms with Crippen LogP contribution in [0.4, 0.5) is 11.6 Å². The largest absolute Gasteiger partial charge is 0.324 e. The van der Waals surface area contributed by atoms with Crippen molar-refractivity contribution in [1.29, 1.82) is 0 Å². The molecular formula is C17H14ClN3O2S. The van der Waals surface area contributed by atoms with E-state index in [0.717, 1.165) is 5.56 Å². The first-order valence-corrected chi connectivity index (χ1v) is 8.99. The van der Waals surface area contributed by atoms with Gasteiger partial charge in [0, 0.05) is 6.20 Å². The number of nitrogens with one attached hydrogen (secondary N) is 1. The Labute approximate surface area is 145 Å². The van der Waals surface area contributed by atoms with Crippen LogP contribution < -0.4 is 5.32 Å². The van der Waals surface area contributed by atoms with Gasteiger partial charge >= 0.3 is 0 Å². The minimum absolute atomic E-state index is 0.0421. The van der Waals surface area contributed by atoms with Crippen molar-refractivity contribution < 1.29 is 8.42 Å². The van der Waals surface area contributed by atoms with Gasteiger partial charge in [-0.05, 0) is 42.8 Å². The van der Waals surface area contributed by atoms with Gasteiger partial charge in [0.15, 0.2) is 5.82 Å². The molecule has 0 saturated carbocycles. The van der Waals surface area contributed by atoms with Gasteiger partial charge in [-0.1, -0.05) is 35.9 Å². The van der Waals surface area contributed by atoms with Crippen molar-refractivity contribution in [2.24, 2.45) is 0 Å². The number of pyridine rings is 2. The predicted octanol–water partition coefficient (Wildman–Crippen LogP) is 4.01. The number of aromatic nitrogens is 2. The molecule has 0 spiro atoms. The van der Waals surface area contributed by atoms with Crippen molar-refractivity contribution in [3.05, 3.63) is 71.5 Å². The first-order chi connectivity index (χ1) is 11.5. The molecule has 0 unspecified atom stereocenters. The second-order valence-corrected chi connectivity index (χ2v) is 7.45. The molecule has 1 N–H and O–H groups in total. The van der Waals surface area contributed by atoms with E-state index in [2.05, 4.69) is 15.3 Å². The average molecular weight is 360 g/mol. The molecular weight excluding hydrogens is 346 g/mol. The highest BCUT2D eigenvalue weighted by Gasteiger charge is 2.22. The molecule has 2 aromatic heterocycles. The molecule has 3 aromatic rings. The van der Waals surface area contributed by atoms with Crippen molar-refractivity contribution in [3.63, 3.8) is 0 Å². The Morgan fingerprint density at radius 1 is 1.00 bits per heavy atom. The topological polar surface area (TPSA) is 72.0 Å². The maximum absolute atomic E-state index is 12.9. The van der Waals surface area contributed by atoms with Gasteiger partial charge in [0.1, 0.15) is 15.9 Å². The van der Waals surface area contributed by atoms with E-state index in [9.17, 15) is 8.42 Å². The number of hydrogen-bond donors (Lipinski definition) is 1. The van der Waals surface area contributed by atoms with Crippen molar-refractivity contribution in [2.75, 3.05) is 5.32 Å². The van der Waals surface area contributed by atoms with Crippen molar-refractivity contribution in [1.82, 2.24) is 9.97 Å². The molecule has 122 valence electrons. The maximum atomic E-state index is 12.9. The Balaban J connectivity index is 2.07. The molecule has 7 heteroatoms. The Morgan fingerprint density at radius 3 is 2.42 bits per heavy atom. The molecule has 0 atom stereocenters. The molecule has 0 aliphatic heterocycles. The summed E-state index contributed by atoms with van der Waals surface area (Å²) in [6, 6.07) is 14.7. The zero-order chi connectivity index (χ0) is 17.2. The summed E-state index contributed by atoms with van der Waals surface area (Å²) in [5.74, 6) is 0.627. The SMILES string of the molecule is Cc1ccc(Nc2nc(Cl)ccc2S(=O)(=O)c2ccccc2)nc1. The summed E-state index contributed by atoms with van der Waals surface area (Å²) in [5.41, 5.74) is 0.997. The number of hydrogen-bond acceptors (Lipinski definition) is 5. The highest BCUT2D eigenvalue weighted by Crippen LogP contribution is 2.29. The number of nitrogens with zero attached hydrogens (tertiary/aromatic N) is 2. The second kappa shape index (κ2) is 6.59. The molecule has 0 aliphatic carbocycles. The number of aryl methyl sites for hydroxylation is 1. The summed E-state index contributed by atoms with van der Waals surface area (Å²) in [6.45, 7) is 1.92. The summed E-state index contributed by atoms with van der Waals surface area (Å²) in [5, 5.41) is 3.12. The normalized spacial score (nSPS) is 11.2. The minimum atomic E-state index is -3.73.